The normalized spacial score (nSPS) is 15.4. The SMILES string of the molecule is CC[C@@H](Nc1nc(C)nc2c3c(c(OS(=O)(=O)C(F)(F)F)cc12)OC(C)(C)C3)c1cc(NC(C)=O)cc(C(F)F)c1. The van der Waals surface area contributed by atoms with Crippen LogP contribution in [0.5, 0.6) is 11.5 Å². The molecule has 1 aliphatic heterocycles. The van der Waals surface area contributed by atoms with E-state index in [2.05, 4.69) is 24.8 Å². The van der Waals surface area contributed by atoms with Crippen molar-refractivity contribution in [2.45, 2.75) is 71.0 Å². The second-order valence-corrected chi connectivity index (χ2v) is 11.7. The first-order valence-electron chi connectivity index (χ1n) is 12.4. The van der Waals surface area contributed by atoms with Crippen LogP contribution < -0.4 is 19.6 Å². The Balaban J connectivity index is 1.88. The van der Waals surface area contributed by atoms with E-state index in [1.807, 2.05) is 0 Å². The van der Waals surface area contributed by atoms with Gasteiger partial charge < -0.3 is 19.6 Å². The Bertz CT molecular complexity index is 1630. The molecular formula is C26H27F5N4O5S. The Morgan fingerprint density at radius 3 is 2.39 bits per heavy atom. The molecule has 1 aromatic heterocycles. The molecule has 1 aliphatic rings. The zero-order chi connectivity index (χ0) is 30.5. The van der Waals surface area contributed by atoms with Gasteiger partial charge in [-0.2, -0.15) is 21.6 Å². The standard InChI is InChI=1S/C26H27F5N4O5S/c1-6-19(14-7-15(23(27)28)9-16(8-14)34-13(3)36)35-24-17-10-20(40-41(37,38)26(29,30)31)22-18(11-25(4,5)39-22)21(17)32-12(2)33-24/h7-10,19,23H,6,11H2,1-5H3,(H,34,36)(H,32,33,35)/t19-/m1/s1. The van der Waals surface area contributed by atoms with Gasteiger partial charge in [-0.05, 0) is 57.0 Å². The maximum absolute atomic E-state index is 13.7. The number of amides is 1. The van der Waals surface area contributed by atoms with E-state index in [-0.39, 0.29) is 40.4 Å². The topological polar surface area (TPSA) is 120 Å². The van der Waals surface area contributed by atoms with Crippen molar-refractivity contribution in [2.75, 3.05) is 10.6 Å². The van der Waals surface area contributed by atoms with E-state index in [4.69, 9.17) is 4.74 Å². The Morgan fingerprint density at radius 2 is 1.80 bits per heavy atom. The molecule has 15 heteroatoms. The number of fused-ring (bicyclic) bond motifs is 3. The Morgan fingerprint density at radius 1 is 1.15 bits per heavy atom. The summed E-state index contributed by atoms with van der Waals surface area (Å²) in [4.78, 5) is 20.4. The average molecular weight is 603 g/mol. The Hall–Kier alpha value is -3.75. The molecule has 2 heterocycles. The first-order chi connectivity index (χ1) is 18.9. The fraction of sp³-hybridized carbons (Fsp3) is 0.423. The smallest absolute Gasteiger partial charge is 0.483 e. The number of anilines is 2. The van der Waals surface area contributed by atoms with Gasteiger partial charge in [0.05, 0.1) is 11.6 Å². The van der Waals surface area contributed by atoms with Crippen LogP contribution in [-0.2, 0) is 21.3 Å². The van der Waals surface area contributed by atoms with Gasteiger partial charge in [-0.15, -0.1) is 0 Å². The second-order valence-electron chi connectivity index (χ2n) is 10.2. The van der Waals surface area contributed by atoms with Gasteiger partial charge in [0.2, 0.25) is 5.91 Å². The summed E-state index contributed by atoms with van der Waals surface area (Å²) < 4.78 is 101. The lowest BCUT2D eigenvalue weighted by Crippen LogP contribution is -2.28. The van der Waals surface area contributed by atoms with Crippen LogP contribution in [0.15, 0.2) is 24.3 Å². The minimum atomic E-state index is -6.04. The number of aromatic nitrogens is 2. The quantitative estimate of drug-likeness (QED) is 0.174. The van der Waals surface area contributed by atoms with Crippen molar-refractivity contribution in [2.24, 2.45) is 0 Å². The maximum atomic E-state index is 13.7. The van der Waals surface area contributed by atoms with Crippen LogP contribution in [0.4, 0.5) is 33.5 Å². The van der Waals surface area contributed by atoms with Crippen molar-refractivity contribution in [3.8, 4) is 11.5 Å². The van der Waals surface area contributed by atoms with Crippen LogP contribution in [0.3, 0.4) is 0 Å². The number of hydrogen-bond acceptors (Lipinski definition) is 8. The van der Waals surface area contributed by atoms with E-state index in [0.717, 1.165) is 12.1 Å². The van der Waals surface area contributed by atoms with Gasteiger partial charge in [0.1, 0.15) is 17.2 Å². The van der Waals surface area contributed by atoms with Gasteiger partial charge in [0, 0.05) is 35.5 Å². The molecule has 0 aliphatic carbocycles. The fourth-order valence-electron chi connectivity index (χ4n) is 4.62. The number of ether oxygens (including phenoxy) is 1. The summed E-state index contributed by atoms with van der Waals surface area (Å²) in [5, 5.41) is 5.76. The molecule has 1 amide bonds. The third-order valence-electron chi connectivity index (χ3n) is 6.25. The van der Waals surface area contributed by atoms with E-state index in [1.54, 1.807) is 27.7 Å². The number of carbonyl (C=O) groups excluding carboxylic acids is 1. The summed E-state index contributed by atoms with van der Waals surface area (Å²) in [7, 11) is -6.04. The molecule has 2 N–H and O–H groups in total. The van der Waals surface area contributed by atoms with Crippen LogP contribution >= 0.6 is 0 Å². The summed E-state index contributed by atoms with van der Waals surface area (Å²) in [6.45, 7) is 7.93. The molecule has 0 fully saturated rings. The minimum absolute atomic E-state index is 0.102. The van der Waals surface area contributed by atoms with Gasteiger partial charge in [-0.25, -0.2) is 18.7 Å². The number of rotatable bonds is 8. The van der Waals surface area contributed by atoms with Gasteiger partial charge in [-0.1, -0.05) is 6.92 Å². The van der Waals surface area contributed by atoms with Crippen molar-refractivity contribution in [3.63, 3.8) is 0 Å². The number of hydrogen-bond donors (Lipinski definition) is 2. The molecule has 9 nitrogen and oxygen atoms in total. The van der Waals surface area contributed by atoms with E-state index >= 15 is 0 Å². The summed E-state index contributed by atoms with van der Waals surface area (Å²) in [6.07, 6.45) is -2.32. The molecule has 41 heavy (non-hydrogen) atoms. The van der Waals surface area contributed by atoms with Crippen LogP contribution in [0.1, 0.15) is 69.1 Å². The highest BCUT2D eigenvalue weighted by Crippen LogP contribution is 2.48. The molecule has 222 valence electrons. The molecular weight excluding hydrogens is 575 g/mol. The van der Waals surface area contributed by atoms with Crippen molar-refractivity contribution in [3.05, 3.63) is 46.8 Å². The summed E-state index contributed by atoms with van der Waals surface area (Å²) in [5.41, 5.74) is -5.78. The summed E-state index contributed by atoms with van der Waals surface area (Å²) in [6, 6.07) is 4.33. The van der Waals surface area contributed by atoms with Gasteiger partial charge in [0.15, 0.2) is 11.5 Å². The number of alkyl halides is 5. The molecule has 0 spiro atoms. The molecule has 0 bridgehead atoms. The van der Waals surface area contributed by atoms with Crippen molar-refractivity contribution >= 4 is 38.4 Å². The van der Waals surface area contributed by atoms with E-state index in [1.165, 1.54) is 19.1 Å². The Labute approximate surface area is 232 Å². The molecule has 0 saturated carbocycles. The predicted octanol–water partition coefficient (Wildman–Crippen LogP) is 6.34. The van der Waals surface area contributed by atoms with E-state index in [0.29, 0.717) is 23.1 Å². The van der Waals surface area contributed by atoms with E-state index in [9.17, 15) is 35.2 Å². The molecule has 3 aromatic rings. The lowest BCUT2D eigenvalue weighted by atomic mass is 9.98. The monoisotopic (exact) mass is 602 g/mol. The summed E-state index contributed by atoms with van der Waals surface area (Å²) in [5.74, 6) is -0.952. The number of nitrogens with one attached hydrogen (secondary N) is 2. The number of nitrogens with zero attached hydrogens (tertiary/aromatic N) is 2. The van der Waals surface area contributed by atoms with E-state index < -0.39 is 45.4 Å². The number of halogens is 5. The number of carbonyl (C=O) groups is 1. The highest BCUT2D eigenvalue weighted by atomic mass is 32.2. The van der Waals surface area contributed by atoms with Crippen LogP contribution in [0.2, 0.25) is 0 Å². The number of benzene rings is 2. The zero-order valence-electron chi connectivity index (χ0n) is 22.6. The highest BCUT2D eigenvalue weighted by molar-refractivity contribution is 7.88. The summed E-state index contributed by atoms with van der Waals surface area (Å²) >= 11 is 0. The van der Waals surface area contributed by atoms with Crippen LogP contribution in [-0.4, -0.2) is 35.4 Å². The second kappa shape index (κ2) is 10.6. The lowest BCUT2D eigenvalue weighted by Gasteiger charge is -2.22. The van der Waals surface area contributed by atoms with Gasteiger partial charge in [-0.3, -0.25) is 4.79 Å². The van der Waals surface area contributed by atoms with Crippen molar-refractivity contribution < 1.29 is 44.1 Å². The highest BCUT2D eigenvalue weighted by Gasteiger charge is 2.49. The molecule has 1 atom stereocenters. The largest absolute Gasteiger partial charge is 0.534 e. The minimum Gasteiger partial charge on any atom is -0.483 e. The molecule has 0 saturated heterocycles. The average Bonchev–Trinajstić information content (AvgIpc) is 3.17. The fourth-order valence-corrected chi connectivity index (χ4v) is 5.07. The molecule has 4 rings (SSSR count). The maximum Gasteiger partial charge on any atom is 0.534 e. The number of aryl methyl sites for hydroxylation is 1. The third-order valence-corrected chi connectivity index (χ3v) is 7.22. The van der Waals surface area contributed by atoms with Crippen molar-refractivity contribution in [1.29, 1.82) is 0 Å². The van der Waals surface area contributed by atoms with Crippen LogP contribution in [0.25, 0.3) is 10.9 Å². The molecule has 0 radical (unpaired) electrons. The lowest BCUT2D eigenvalue weighted by molar-refractivity contribution is -0.114. The third kappa shape index (κ3) is 6.29. The molecule has 2 aromatic carbocycles. The van der Waals surface area contributed by atoms with Gasteiger partial charge in [0.25, 0.3) is 6.43 Å². The van der Waals surface area contributed by atoms with Crippen molar-refractivity contribution in [1.82, 2.24) is 9.97 Å². The van der Waals surface area contributed by atoms with Crippen LogP contribution in [0, 0.1) is 6.92 Å². The zero-order valence-corrected chi connectivity index (χ0v) is 23.4. The first-order valence-corrected chi connectivity index (χ1v) is 13.8. The molecule has 0 unspecified atom stereocenters. The predicted molar refractivity (Wildman–Crippen MR) is 141 cm³/mol. The van der Waals surface area contributed by atoms with Gasteiger partial charge >= 0.3 is 15.6 Å². The Kier molecular flexibility index (Phi) is 7.80. The first kappa shape index (κ1) is 30.2.